The lowest BCUT2D eigenvalue weighted by molar-refractivity contribution is -0.128. The minimum absolute atomic E-state index is 0.120. The lowest BCUT2D eigenvalue weighted by Gasteiger charge is -2.23. The number of hydrogen-bond donors (Lipinski definition) is 1. The molecule has 2 aromatic heterocycles. The van der Waals surface area contributed by atoms with Crippen molar-refractivity contribution in [1.82, 2.24) is 19.9 Å². The first kappa shape index (κ1) is 21.5. The molecule has 2 aromatic carbocycles. The van der Waals surface area contributed by atoms with E-state index in [0.29, 0.717) is 34.6 Å². The Labute approximate surface area is 202 Å². The first-order chi connectivity index (χ1) is 17.0. The lowest BCUT2D eigenvalue weighted by atomic mass is 10.0. The number of anilines is 2. The summed E-state index contributed by atoms with van der Waals surface area (Å²) in [5.74, 6) is 1.09. The van der Waals surface area contributed by atoms with Crippen LogP contribution in [-0.4, -0.2) is 51.9 Å². The third-order valence-electron chi connectivity index (χ3n) is 7.24. The molecule has 7 nitrogen and oxygen atoms in total. The fourth-order valence-electron chi connectivity index (χ4n) is 5.45. The van der Waals surface area contributed by atoms with Crippen molar-refractivity contribution in [1.29, 1.82) is 0 Å². The topological polar surface area (TPSA) is 88.2 Å². The summed E-state index contributed by atoms with van der Waals surface area (Å²) >= 11 is 0. The lowest BCUT2D eigenvalue weighted by Crippen LogP contribution is -2.31. The van der Waals surface area contributed by atoms with Gasteiger partial charge in [-0.25, -0.2) is 19.3 Å². The van der Waals surface area contributed by atoms with Gasteiger partial charge in [0.15, 0.2) is 0 Å². The molecule has 0 spiro atoms. The molecule has 4 heterocycles. The van der Waals surface area contributed by atoms with Gasteiger partial charge in [-0.05, 0) is 47.5 Å². The maximum Gasteiger partial charge on any atom is 0.219 e. The Bertz CT molecular complexity index is 1440. The summed E-state index contributed by atoms with van der Waals surface area (Å²) in [6, 6.07) is 15.0. The third-order valence-corrected chi connectivity index (χ3v) is 7.24. The molecule has 8 heteroatoms. The van der Waals surface area contributed by atoms with Gasteiger partial charge in [-0.3, -0.25) is 4.79 Å². The van der Waals surface area contributed by atoms with Crippen LogP contribution in [0.25, 0.3) is 33.3 Å². The number of likely N-dealkylation sites (tertiary alicyclic amines) is 1. The molecule has 1 amide bonds. The summed E-state index contributed by atoms with van der Waals surface area (Å²) in [7, 11) is 0. The molecule has 2 fully saturated rings. The standard InChI is InChI=1S/C27H25FN6O/c1-16(35)33-11-20-13-34(14-21(20)12-33)25-5-3-19(9-23(25)28)27-22-8-17(2-4-24(22)31-15-32-27)18-6-7-30-26(29)10-18/h2-10,15,20-21H,11-14H2,1H3,(H2,29,30). The van der Waals surface area contributed by atoms with Crippen LogP contribution in [0.15, 0.2) is 61.1 Å². The van der Waals surface area contributed by atoms with Gasteiger partial charge in [0.25, 0.3) is 0 Å². The third kappa shape index (κ3) is 3.84. The summed E-state index contributed by atoms with van der Waals surface area (Å²) in [6.45, 7) is 4.66. The van der Waals surface area contributed by atoms with E-state index in [1.54, 1.807) is 19.2 Å². The number of aromatic nitrogens is 3. The highest BCUT2D eigenvalue weighted by Crippen LogP contribution is 2.37. The number of hydrogen-bond acceptors (Lipinski definition) is 6. The van der Waals surface area contributed by atoms with Crippen molar-refractivity contribution in [2.24, 2.45) is 11.8 Å². The molecule has 0 saturated carbocycles. The second-order valence-electron chi connectivity index (χ2n) is 9.44. The first-order valence-electron chi connectivity index (χ1n) is 11.7. The smallest absolute Gasteiger partial charge is 0.219 e. The number of amides is 1. The second-order valence-corrected chi connectivity index (χ2v) is 9.44. The van der Waals surface area contributed by atoms with Crippen molar-refractivity contribution >= 4 is 28.3 Å². The largest absolute Gasteiger partial charge is 0.384 e. The Balaban J connectivity index is 1.31. The van der Waals surface area contributed by atoms with Crippen LogP contribution in [-0.2, 0) is 4.79 Å². The average molecular weight is 469 g/mol. The minimum Gasteiger partial charge on any atom is -0.384 e. The van der Waals surface area contributed by atoms with E-state index in [4.69, 9.17) is 5.73 Å². The summed E-state index contributed by atoms with van der Waals surface area (Å²) in [5.41, 5.74) is 10.5. The number of carbonyl (C=O) groups is 1. The van der Waals surface area contributed by atoms with E-state index in [2.05, 4.69) is 19.9 Å². The van der Waals surface area contributed by atoms with E-state index in [0.717, 1.165) is 48.2 Å². The Hall–Kier alpha value is -4.07. The number of carbonyl (C=O) groups excluding carboxylic acids is 1. The van der Waals surface area contributed by atoms with E-state index < -0.39 is 0 Å². The molecule has 2 unspecified atom stereocenters. The van der Waals surface area contributed by atoms with Crippen molar-refractivity contribution in [3.63, 3.8) is 0 Å². The summed E-state index contributed by atoms with van der Waals surface area (Å²) in [5, 5.41) is 0.840. The molecule has 0 bridgehead atoms. The van der Waals surface area contributed by atoms with E-state index in [1.165, 1.54) is 6.33 Å². The first-order valence-corrected chi connectivity index (χ1v) is 11.7. The molecule has 2 aliphatic heterocycles. The van der Waals surface area contributed by atoms with Crippen LogP contribution in [0.3, 0.4) is 0 Å². The van der Waals surface area contributed by atoms with Gasteiger partial charge in [0.1, 0.15) is 18.0 Å². The van der Waals surface area contributed by atoms with Gasteiger partial charge < -0.3 is 15.5 Å². The highest BCUT2D eigenvalue weighted by molar-refractivity contribution is 5.95. The van der Waals surface area contributed by atoms with Gasteiger partial charge in [-0.1, -0.05) is 12.1 Å². The van der Waals surface area contributed by atoms with Crippen LogP contribution in [0.5, 0.6) is 0 Å². The predicted octanol–water partition coefficient (Wildman–Crippen LogP) is 3.99. The van der Waals surface area contributed by atoms with Crippen LogP contribution >= 0.6 is 0 Å². The number of nitrogen functional groups attached to an aromatic ring is 1. The van der Waals surface area contributed by atoms with Gasteiger partial charge in [0.05, 0.1) is 16.9 Å². The fraction of sp³-hybridized carbons (Fsp3) is 0.259. The highest BCUT2D eigenvalue weighted by atomic mass is 19.1. The Kier molecular flexibility index (Phi) is 5.09. The van der Waals surface area contributed by atoms with Crippen molar-refractivity contribution in [3.8, 4) is 22.4 Å². The zero-order valence-electron chi connectivity index (χ0n) is 19.4. The van der Waals surface area contributed by atoms with Gasteiger partial charge in [0, 0.05) is 62.1 Å². The molecule has 6 rings (SSSR count). The SMILES string of the molecule is CC(=O)N1CC2CN(c3ccc(-c4ncnc5ccc(-c6ccnc(N)c6)cc45)cc3F)CC2C1. The van der Waals surface area contributed by atoms with Crippen LogP contribution < -0.4 is 10.6 Å². The normalized spacial score (nSPS) is 19.4. The Morgan fingerprint density at radius 3 is 2.37 bits per heavy atom. The van der Waals surface area contributed by atoms with Crippen molar-refractivity contribution in [2.45, 2.75) is 6.92 Å². The molecule has 2 atom stereocenters. The highest BCUT2D eigenvalue weighted by Gasteiger charge is 2.41. The predicted molar refractivity (Wildman–Crippen MR) is 134 cm³/mol. The van der Waals surface area contributed by atoms with E-state index in [-0.39, 0.29) is 11.7 Å². The van der Waals surface area contributed by atoms with Crippen molar-refractivity contribution in [3.05, 3.63) is 66.9 Å². The van der Waals surface area contributed by atoms with Gasteiger partial charge in [0.2, 0.25) is 5.91 Å². The van der Waals surface area contributed by atoms with Crippen LogP contribution in [0.2, 0.25) is 0 Å². The molecule has 35 heavy (non-hydrogen) atoms. The van der Waals surface area contributed by atoms with E-state index in [1.807, 2.05) is 47.4 Å². The summed E-state index contributed by atoms with van der Waals surface area (Å²) in [6.07, 6.45) is 3.19. The number of nitrogens with zero attached hydrogens (tertiary/aromatic N) is 5. The number of benzene rings is 2. The molecular weight excluding hydrogens is 443 g/mol. The number of halogens is 1. The van der Waals surface area contributed by atoms with Crippen LogP contribution in [0.4, 0.5) is 15.9 Å². The van der Waals surface area contributed by atoms with E-state index >= 15 is 4.39 Å². The molecule has 2 aliphatic rings. The monoisotopic (exact) mass is 468 g/mol. The molecule has 0 radical (unpaired) electrons. The van der Waals surface area contributed by atoms with Crippen molar-refractivity contribution < 1.29 is 9.18 Å². The molecule has 4 aromatic rings. The Morgan fingerprint density at radius 2 is 1.66 bits per heavy atom. The number of fused-ring (bicyclic) bond motifs is 2. The molecule has 176 valence electrons. The molecule has 2 N–H and O–H groups in total. The van der Waals surface area contributed by atoms with Gasteiger partial charge in [-0.15, -0.1) is 0 Å². The fourth-order valence-corrected chi connectivity index (χ4v) is 5.45. The zero-order valence-corrected chi connectivity index (χ0v) is 19.4. The molecular formula is C27H25FN6O. The van der Waals surface area contributed by atoms with Gasteiger partial charge in [-0.2, -0.15) is 0 Å². The van der Waals surface area contributed by atoms with Gasteiger partial charge >= 0.3 is 0 Å². The maximum atomic E-state index is 15.4. The van der Waals surface area contributed by atoms with Crippen LogP contribution in [0, 0.1) is 17.7 Å². The molecule has 0 aliphatic carbocycles. The molecule has 2 saturated heterocycles. The number of pyridine rings is 1. The average Bonchev–Trinajstić information content (AvgIpc) is 3.43. The van der Waals surface area contributed by atoms with E-state index in [9.17, 15) is 4.79 Å². The maximum absolute atomic E-state index is 15.4. The summed E-state index contributed by atoms with van der Waals surface area (Å²) < 4.78 is 15.4. The number of rotatable bonds is 3. The summed E-state index contributed by atoms with van der Waals surface area (Å²) in [4.78, 5) is 28.7. The second kappa shape index (κ2) is 8.30. The van der Waals surface area contributed by atoms with Crippen LogP contribution in [0.1, 0.15) is 6.92 Å². The van der Waals surface area contributed by atoms with Crippen molar-refractivity contribution in [2.75, 3.05) is 36.8 Å². The number of nitrogens with two attached hydrogens (primary N) is 1. The minimum atomic E-state index is -0.268. The quantitative estimate of drug-likeness (QED) is 0.489. The zero-order chi connectivity index (χ0) is 24.1. The Morgan fingerprint density at radius 1 is 0.914 bits per heavy atom.